The van der Waals surface area contributed by atoms with Crippen LogP contribution < -0.4 is 5.32 Å². The molecule has 2 rings (SSSR count). The molecule has 1 N–H and O–H groups in total. The van der Waals surface area contributed by atoms with Crippen LogP contribution in [0.4, 0.5) is 4.79 Å². The average Bonchev–Trinajstić information content (AvgIpc) is 2.52. The minimum Gasteiger partial charge on any atom is -0.338 e. The zero-order valence-electron chi connectivity index (χ0n) is 14.0. The van der Waals surface area contributed by atoms with E-state index in [1.54, 1.807) is 18.0 Å². The topological polar surface area (TPSA) is 35.6 Å². The number of carbonyl (C=O) groups excluding carboxylic acids is 1. The summed E-state index contributed by atoms with van der Waals surface area (Å²) in [6.07, 6.45) is 3.98. The molecule has 0 bridgehead atoms. The van der Waals surface area contributed by atoms with Gasteiger partial charge in [0.2, 0.25) is 0 Å². The summed E-state index contributed by atoms with van der Waals surface area (Å²) in [5.41, 5.74) is 1.22. The van der Waals surface area contributed by atoms with Gasteiger partial charge in [0, 0.05) is 31.2 Å². The van der Waals surface area contributed by atoms with E-state index in [0.29, 0.717) is 19.0 Å². The first-order valence-corrected chi connectivity index (χ1v) is 8.46. The lowest BCUT2D eigenvalue weighted by atomic mass is 9.85. The van der Waals surface area contributed by atoms with E-state index in [1.165, 1.54) is 5.56 Å². The number of carbonyl (C=O) groups is 1. The van der Waals surface area contributed by atoms with Crippen LogP contribution in [0.15, 0.2) is 36.9 Å². The number of nitrogens with zero attached hydrogens (tertiary/aromatic N) is 2. The standard InChI is InChI=1S/C18H26ClN3O/c1-4-10-22(3)18(23)20-13-15-8-6-11-21(2)17(15)14-7-5-9-16(19)12-14/h4-5,7,9,12,15,17H,1,6,8,10-11,13H2,2-3H3,(H,20,23)/t15-,17-/m1/s1. The Balaban J connectivity index is 2.06. The summed E-state index contributed by atoms with van der Waals surface area (Å²) in [5.74, 6) is 0.383. The Hall–Kier alpha value is -1.52. The number of nitrogens with one attached hydrogen (secondary N) is 1. The number of benzene rings is 1. The number of urea groups is 1. The van der Waals surface area contributed by atoms with Crippen molar-refractivity contribution in [1.82, 2.24) is 15.1 Å². The van der Waals surface area contributed by atoms with Crippen molar-refractivity contribution in [1.29, 1.82) is 0 Å². The van der Waals surface area contributed by atoms with Crippen molar-refractivity contribution in [3.8, 4) is 0 Å². The molecule has 1 aliphatic rings. The molecule has 0 saturated carbocycles. The predicted octanol–water partition coefficient (Wildman–Crippen LogP) is 3.55. The Morgan fingerprint density at radius 3 is 3.04 bits per heavy atom. The van der Waals surface area contributed by atoms with E-state index in [2.05, 4.69) is 29.9 Å². The molecule has 23 heavy (non-hydrogen) atoms. The van der Waals surface area contributed by atoms with E-state index in [4.69, 9.17) is 11.6 Å². The van der Waals surface area contributed by atoms with E-state index in [1.807, 2.05) is 18.2 Å². The largest absolute Gasteiger partial charge is 0.338 e. The summed E-state index contributed by atoms with van der Waals surface area (Å²) in [4.78, 5) is 16.1. The normalized spacial score (nSPS) is 21.7. The highest BCUT2D eigenvalue weighted by atomic mass is 35.5. The van der Waals surface area contributed by atoms with Crippen molar-refractivity contribution in [2.45, 2.75) is 18.9 Å². The van der Waals surface area contributed by atoms with Gasteiger partial charge < -0.3 is 10.2 Å². The zero-order valence-corrected chi connectivity index (χ0v) is 14.7. The summed E-state index contributed by atoms with van der Waals surface area (Å²) in [5, 5.41) is 3.81. The minimum absolute atomic E-state index is 0.0528. The Morgan fingerprint density at radius 1 is 1.57 bits per heavy atom. The third-order valence-corrected chi connectivity index (χ3v) is 4.70. The van der Waals surface area contributed by atoms with Crippen molar-refractivity contribution in [3.63, 3.8) is 0 Å². The molecule has 0 spiro atoms. The second kappa shape index (κ2) is 8.37. The van der Waals surface area contributed by atoms with Gasteiger partial charge in [-0.25, -0.2) is 4.79 Å². The molecule has 4 nitrogen and oxygen atoms in total. The lowest BCUT2D eigenvalue weighted by Crippen LogP contribution is -2.44. The van der Waals surface area contributed by atoms with E-state index >= 15 is 0 Å². The van der Waals surface area contributed by atoms with Gasteiger partial charge in [-0.3, -0.25) is 4.90 Å². The van der Waals surface area contributed by atoms with Crippen molar-refractivity contribution >= 4 is 17.6 Å². The van der Waals surface area contributed by atoms with Crippen LogP contribution in [0.2, 0.25) is 5.02 Å². The fraction of sp³-hybridized carbons (Fsp3) is 0.500. The molecule has 1 fully saturated rings. The molecule has 1 aromatic rings. The quantitative estimate of drug-likeness (QED) is 0.835. The van der Waals surface area contributed by atoms with Gasteiger partial charge in [0.05, 0.1) is 0 Å². The number of halogens is 1. The van der Waals surface area contributed by atoms with Gasteiger partial charge in [-0.1, -0.05) is 29.8 Å². The number of likely N-dealkylation sites (tertiary alicyclic amines) is 1. The molecule has 1 heterocycles. The molecule has 0 aliphatic carbocycles. The van der Waals surface area contributed by atoms with Crippen LogP contribution in [0, 0.1) is 5.92 Å². The first-order chi connectivity index (χ1) is 11.0. The molecule has 1 saturated heterocycles. The monoisotopic (exact) mass is 335 g/mol. The molecule has 2 amide bonds. The molecule has 5 heteroatoms. The lowest BCUT2D eigenvalue weighted by molar-refractivity contribution is 0.119. The van der Waals surface area contributed by atoms with Crippen LogP contribution in [-0.2, 0) is 0 Å². The van der Waals surface area contributed by atoms with Crippen LogP contribution >= 0.6 is 11.6 Å². The van der Waals surface area contributed by atoms with Crippen molar-refractivity contribution in [3.05, 3.63) is 47.5 Å². The third-order valence-electron chi connectivity index (χ3n) is 4.46. The Labute approximate surface area is 144 Å². The van der Waals surface area contributed by atoms with E-state index in [-0.39, 0.29) is 12.1 Å². The molecule has 2 atom stereocenters. The van der Waals surface area contributed by atoms with E-state index < -0.39 is 0 Å². The number of hydrogen-bond donors (Lipinski definition) is 1. The van der Waals surface area contributed by atoms with Gasteiger partial charge in [0.1, 0.15) is 0 Å². The molecule has 126 valence electrons. The van der Waals surface area contributed by atoms with Crippen molar-refractivity contribution in [2.24, 2.45) is 5.92 Å². The molecular weight excluding hydrogens is 310 g/mol. The maximum atomic E-state index is 12.1. The first kappa shape index (κ1) is 17.8. The fourth-order valence-electron chi connectivity index (χ4n) is 3.32. The van der Waals surface area contributed by atoms with Gasteiger partial charge >= 0.3 is 6.03 Å². The number of rotatable bonds is 5. The average molecular weight is 336 g/mol. The van der Waals surface area contributed by atoms with Gasteiger partial charge in [-0.15, -0.1) is 6.58 Å². The van der Waals surface area contributed by atoms with Gasteiger partial charge in [-0.05, 0) is 50.0 Å². The smallest absolute Gasteiger partial charge is 0.317 e. The number of piperidine rings is 1. The Kier molecular flexibility index (Phi) is 6.48. The van der Waals surface area contributed by atoms with Crippen LogP contribution in [0.3, 0.4) is 0 Å². The molecule has 1 aromatic carbocycles. The third kappa shape index (κ3) is 4.72. The number of hydrogen-bond acceptors (Lipinski definition) is 2. The second-order valence-electron chi connectivity index (χ2n) is 6.24. The van der Waals surface area contributed by atoms with E-state index in [0.717, 1.165) is 24.4 Å². The van der Waals surface area contributed by atoms with Crippen LogP contribution in [0.25, 0.3) is 0 Å². The highest BCUT2D eigenvalue weighted by molar-refractivity contribution is 6.30. The van der Waals surface area contributed by atoms with Gasteiger partial charge in [0.15, 0.2) is 0 Å². The zero-order chi connectivity index (χ0) is 16.8. The predicted molar refractivity (Wildman–Crippen MR) is 95.8 cm³/mol. The van der Waals surface area contributed by atoms with Gasteiger partial charge in [-0.2, -0.15) is 0 Å². The minimum atomic E-state index is -0.0528. The molecule has 0 radical (unpaired) electrons. The highest BCUT2D eigenvalue weighted by Crippen LogP contribution is 2.35. The fourth-order valence-corrected chi connectivity index (χ4v) is 3.52. The second-order valence-corrected chi connectivity index (χ2v) is 6.67. The summed E-state index contributed by atoms with van der Waals surface area (Å²) in [7, 11) is 3.92. The van der Waals surface area contributed by atoms with E-state index in [9.17, 15) is 4.79 Å². The summed E-state index contributed by atoms with van der Waals surface area (Å²) < 4.78 is 0. The first-order valence-electron chi connectivity index (χ1n) is 8.08. The van der Waals surface area contributed by atoms with Crippen molar-refractivity contribution < 1.29 is 4.79 Å². The SMILES string of the molecule is C=CCN(C)C(=O)NC[C@H]1CCCN(C)[C@@H]1c1cccc(Cl)c1. The molecule has 0 aromatic heterocycles. The van der Waals surface area contributed by atoms with Crippen molar-refractivity contribution in [2.75, 3.05) is 33.7 Å². The Bertz CT molecular complexity index is 549. The summed E-state index contributed by atoms with van der Waals surface area (Å²) >= 11 is 6.16. The molecule has 1 aliphatic heterocycles. The highest BCUT2D eigenvalue weighted by Gasteiger charge is 2.31. The van der Waals surface area contributed by atoms with Crippen LogP contribution in [0.1, 0.15) is 24.4 Å². The number of likely N-dealkylation sites (N-methyl/N-ethyl adjacent to an activating group) is 1. The van der Waals surface area contributed by atoms with Gasteiger partial charge in [0.25, 0.3) is 0 Å². The van der Waals surface area contributed by atoms with Crippen LogP contribution in [-0.4, -0.2) is 49.6 Å². The summed E-state index contributed by atoms with van der Waals surface area (Å²) in [6, 6.07) is 8.28. The maximum Gasteiger partial charge on any atom is 0.317 e. The Morgan fingerprint density at radius 2 is 2.35 bits per heavy atom. The maximum absolute atomic E-state index is 12.1. The summed E-state index contributed by atoms with van der Waals surface area (Å²) in [6.45, 7) is 5.95. The van der Waals surface area contributed by atoms with Crippen LogP contribution in [0.5, 0.6) is 0 Å². The molecule has 0 unspecified atom stereocenters. The lowest BCUT2D eigenvalue weighted by Gasteiger charge is -2.40. The molecular formula is C18H26ClN3O. The number of amides is 2.